The van der Waals surface area contributed by atoms with Crippen molar-refractivity contribution in [3.63, 3.8) is 0 Å². The van der Waals surface area contributed by atoms with Gasteiger partial charge in [0.05, 0.1) is 53.2 Å². The number of imidazole rings is 1. The topological polar surface area (TPSA) is 372 Å². The first-order valence-electron chi connectivity index (χ1n) is 28.8. The Kier molecular flexibility index (Phi) is 27.2. The van der Waals surface area contributed by atoms with Gasteiger partial charge in [-0.05, 0) is 60.7 Å². The molecule has 2 aromatic heterocycles. The molecule has 1 saturated heterocycles. The zero-order valence-corrected chi connectivity index (χ0v) is 51.5. The quantitative estimate of drug-likeness (QED) is 0.00591. The van der Waals surface area contributed by atoms with Gasteiger partial charge in [0, 0.05) is 59.4 Å². The van der Waals surface area contributed by atoms with Gasteiger partial charge in [0.25, 0.3) is 5.56 Å². The number of amides is 3. The number of nitrogens with one attached hydrogen (secondary N) is 5. The summed E-state index contributed by atoms with van der Waals surface area (Å²) in [6.07, 6.45) is -4.10. The van der Waals surface area contributed by atoms with Crippen molar-refractivity contribution in [1.82, 2.24) is 30.2 Å². The maximum atomic E-state index is 13.4. The van der Waals surface area contributed by atoms with Gasteiger partial charge < -0.3 is 67.8 Å². The van der Waals surface area contributed by atoms with E-state index in [9.17, 15) is 38.7 Å². The summed E-state index contributed by atoms with van der Waals surface area (Å²) in [5.41, 5.74) is 8.12. The third-order valence-corrected chi connectivity index (χ3v) is 13.7. The Balaban J connectivity index is 1.09. The lowest BCUT2D eigenvalue weighted by Crippen LogP contribution is -2.54. The predicted molar refractivity (Wildman–Crippen MR) is 321 cm³/mol. The van der Waals surface area contributed by atoms with Crippen LogP contribution in [0.15, 0.2) is 112 Å². The Bertz CT molecular complexity index is 3260. The molecule has 6 rings (SSSR count). The molecule has 1 aliphatic heterocycles. The number of fused-ring (bicyclic) bond motifs is 1. The van der Waals surface area contributed by atoms with Gasteiger partial charge in [0.15, 0.2) is 30.3 Å². The van der Waals surface area contributed by atoms with Crippen LogP contribution in [0.1, 0.15) is 90.6 Å². The summed E-state index contributed by atoms with van der Waals surface area (Å²) in [7, 11) is 3.14. The third kappa shape index (κ3) is 20.1. The lowest BCUT2D eigenvalue weighted by Gasteiger charge is -2.37. The molecule has 0 bridgehead atoms. The van der Waals surface area contributed by atoms with E-state index in [-0.39, 0.29) is 74.7 Å². The lowest BCUT2D eigenvalue weighted by molar-refractivity contribution is -0.264. The minimum Gasteiger partial charge on any atom is -0.497 e. The summed E-state index contributed by atoms with van der Waals surface area (Å²) in [5.74, 6) is -2.65. The molecule has 5 aromatic rings. The van der Waals surface area contributed by atoms with Crippen LogP contribution < -0.4 is 31.0 Å². The number of esters is 3. The number of methoxy groups -OCH3 is 2. The number of anilines is 1. The zero-order chi connectivity index (χ0) is 65.3. The van der Waals surface area contributed by atoms with E-state index in [0.29, 0.717) is 35.5 Å². The lowest BCUT2D eigenvalue weighted by atomic mass is 9.80. The van der Waals surface area contributed by atoms with Crippen LogP contribution in [0.25, 0.3) is 11.2 Å². The Labute approximate surface area is 518 Å². The summed E-state index contributed by atoms with van der Waals surface area (Å²) in [4.78, 5) is 102. The number of aliphatic hydroxyl groups is 1. The minimum atomic E-state index is -1.45. The van der Waals surface area contributed by atoms with Crippen molar-refractivity contribution < 1.29 is 86.0 Å². The highest BCUT2D eigenvalue weighted by atomic mass is 16.8. The summed E-state index contributed by atoms with van der Waals surface area (Å²) >= 11 is 0. The number of aromatic nitrogens is 4. The number of ether oxygens (including phenoxy) is 11. The van der Waals surface area contributed by atoms with Crippen molar-refractivity contribution in [2.45, 2.75) is 123 Å². The minimum absolute atomic E-state index is 0.00219. The van der Waals surface area contributed by atoms with E-state index in [4.69, 9.17) is 57.6 Å². The largest absolute Gasteiger partial charge is 0.497 e. The zero-order valence-electron chi connectivity index (χ0n) is 51.5. The van der Waals surface area contributed by atoms with E-state index >= 15 is 0 Å². The number of unbranched alkanes of at least 4 members (excludes halogenated alkanes) is 1. The van der Waals surface area contributed by atoms with E-state index in [1.165, 1.54) is 44.1 Å². The van der Waals surface area contributed by atoms with Gasteiger partial charge in [-0.15, -0.1) is 0 Å². The summed E-state index contributed by atoms with van der Waals surface area (Å²) in [5, 5.41) is 23.9. The first kappa shape index (κ1) is 70.2. The molecule has 0 saturated carbocycles. The van der Waals surface area contributed by atoms with Gasteiger partial charge in [-0.2, -0.15) is 10.1 Å². The summed E-state index contributed by atoms with van der Waals surface area (Å²) in [6, 6.07) is 23.2. The van der Waals surface area contributed by atoms with Crippen LogP contribution in [-0.4, -0.2) is 170 Å². The molecule has 4 unspecified atom stereocenters. The Morgan fingerprint density at radius 3 is 2.12 bits per heavy atom. The molecule has 29 heteroatoms. The molecule has 1 fully saturated rings. The van der Waals surface area contributed by atoms with Crippen LogP contribution in [-0.2, 0) is 77.0 Å². The SMILES string of the molecule is COc1ccc(C(OC[C@H]2O[C@@H](n3cnc4c(=O)[nH]c(NC(=O)C(C)C)nc43)[C@H](OC/C(=C/N=CCOCCNC(=O)CCCCOC(OC(COC(C)=O)OC(C)=O)C(NC(C)=O)C(C)OC(C)=O)N=N)[C@@H]2O)(c2ccccc2)c2ccc(OC)cc2)cc1. The molecule has 0 spiro atoms. The molecule has 3 amide bonds. The second-order valence-electron chi connectivity index (χ2n) is 20.7. The van der Waals surface area contributed by atoms with Gasteiger partial charge in [-0.1, -0.05) is 68.4 Å². The van der Waals surface area contributed by atoms with Gasteiger partial charge >= 0.3 is 17.9 Å². The van der Waals surface area contributed by atoms with Crippen molar-refractivity contribution >= 4 is 59.0 Å². The molecular formula is C61H78N10O19. The van der Waals surface area contributed by atoms with E-state index in [1.54, 1.807) is 28.1 Å². The average molecular weight is 1260 g/mol. The average Bonchev–Trinajstić information content (AvgIpc) is 1.27. The second-order valence-corrected chi connectivity index (χ2v) is 20.7. The number of hydrogen-bond acceptors (Lipinski definition) is 24. The highest BCUT2D eigenvalue weighted by Crippen LogP contribution is 2.43. The summed E-state index contributed by atoms with van der Waals surface area (Å²) in [6.45, 7) is 8.67. The number of aliphatic hydroxyl groups excluding tert-OH is 1. The molecule has 6 N–H and O–H groups in total. The van der Waals surface area contributed by atoms with E-state index in [2.05, 4.69) is 41.0 Å². The molecule has 0 aliphatic carbocycles. The number of rotatable bonds is 36. The maximum Gasteiger partial charge on any atom is 0.305 e. The number of benzene rings is 3. The Morgan fingerprint density at radius 1 is 0.867 bits per heavy atom. The smallest absolute Gasteiger partial charge is 0.305 e. The van der Waals surface area contributed by atoms with Crippen molar-refractivity contribution in [2.75, 3.05) is 65.7 Å². The standard InChI is InChI=1S/C61H78N10O19/c1-36(2)56(78)68-60-67-55-52(57(79)69-60)65-35-71(55)58-54(53(77)48(89-58)33-86-61(42-15-11-10-12-16-42,43-18-22-46(80-8)23-19-43)44-20-24-47(81-9)25-21-44)85-32-45(70-62)31-63-26-29-82-30-27-64-49(76)17-13-14-28-83-59(51(66-38(4)72)37(3)87-40(6)74)90-50(88-41(7)75)34-84-39(5)73/h10-12,15-16,18-26,31,35-37,48,50-51,53-54,58-59,62,77H,13-14,17,27-30,32-34H2,1-9H3,(H,64,76)(H,66,72)(H2,67,68,69,78,79)/b45-31-,63-26?,70-62?/t37?,48-,50?,51?,53-,54-,58-,59?/m1/s1. The Morgan fingerprint density at radius 2 is 1.52 bits per heavy atom. The van der Waals surface area contributed by atoms with Crippen molar-refractivity contribution in [2.24, 2.45) is 16.0 Å². The molecule has 486 valence electrons. The van der Waals surface area contributed by atoms with Crippen LogP contribution in [0.2, 0.25) is 0 Å². The summed E-state index contributed by atoms with van der Waals surface area (Å²) < 4.78 is 65.4. The maximum absolute atomic E-state index is 13.4. The Hall–Kier alpha value is -8.84. The fourth-order valence-electron chi connectivity index (χ4n) is 9.34. The van der Waals surface area contributed by atoms with Gasteiger partial charge in [-0.3, -0.25) is 53.4 Å². The van der Waals surface area contributed by atoms with Crippen molar-refractivity contribution in [3.05, 3.63) is 124 Å². The highest BCUT2D eigenvalue weighted by Gasteiger charge is 2.49. The number of nitrogens with zero attached hydrogens (tertiary/aromatic N) is 5. The van der Waals surface area contributed by atoms with Gasteiger partial charge in [-0.25, -0.2) is 10.5 Å². The van der Waals surface area contributed by atoms with Crippen LogP contribution >= 0.6 is 0 Å². The first-order valence-corrected chi connectivity index (χ1v) is 28.8. The van der Waals surface area contributed by atoms with Crippen LogP contribution in [0, 0.1) is 11.4 Å². The monoisotopic (exact) mass is 1250 g/mol. The van der Waals surface area contributed by atoms with E-state index in [0.717, 1.165) is 19.4 Å². The third-order valence-electron chi connectivity index (χ3n) is 13.7. The molecule has 8 atom stereocenters. The predicted octanol–water partition coefficient (Wildman–Crippen LogP) is 4.90. The number of hydrogen-bond donors (Lipinski definition) is 6. The molecule has 29 nitrogen and oxygen atoms in total. The van der Waals surface area contributed by atoms with Crippen LogP contribution in [0.4, 0.5) is 5.95 Å². The second kappa shape index (κ2) is 34.8. The van der Waals surface area contributed by atoms with Gasteiger partial charge in [0.1, 0.15) is 53.3 Å². The van der Waals surface area contributed by atoms with Crippen LogP contribution in [0.5, 0.6) is 11.5 Å². The molecule has 0 radical (unpaired) electrons. The highest BCUT2D eigenvalue weighted by molar-refractivity contribution is 5.91. The van der Waals surface area contributed by atoms with E-state index < -0.39 is 103 Å². The number of H-pyrrole nitrogens is 1. The molecule has 3 aromatic carbocycles. The van der Waals surface area contributed by atoms with Crippen LogP contribution in [0.3, 0.4) is 0 Å². The molecule has 90 heavy (non-hydrogen) atoms. The number of carbonyl (C=O) groups excluding carboxylic acids is 6. The van der Waals surface area contributed by atoms with Crippen molar-refractivity contribution in [1.29, 1.82) is 5.53 Å². The first-order chi connectivity index (χ1) is 43.2. The fourth-order valence-corrected chi connectivity index (χ4v) is 9.34. The molecular weight excluding hydrogens is 1180 g/mol. The van der Waals surface area contributed by atoms with Crippen molar-refractivity contribution in [3.8, 4) is 11.5 Å². The molecule has 1 aliphatic rings. The number of aliphatic imine (C=N–C) groups is 1. The van der Waals surface area contributed by atoms with E-state index in [1.807, 2.05) is 78.9 Å². The fraction of sp³-hybridized carbons (Fsp3) is 0.475. The van der Waals surface area contributed by atoms with Gasteiger partial charge in [0.2, 0.25) is 30.0 Å². The normalized spacial score (nSPS) is 17.3. The molecule has 3 heterocycles. The number of aromatic amines is 1. The number of carbonyl (C=O) groups is 6.